The van der Waals surface area contributed by atoms with Crippen molar-refractivity contribution in [2.75, 3.05) is 5.32 Å². The summed E-state index contributed by atoms with van der Waals surface area (Å²) in [5.41, 5.74) is 6.16. The Hall–Kier alpha value is -4.00. The fraction of sp³-hybridized carbons (Fsp3) is 0.125. The van der Waals surface area contributed by atoms with Crippen LogP contribution in [0.2, 0.25) is 0 Å². The molecular weight excluding hydrogens is 391 g/mol. The number of aromatic nitrogens is 5. The first kappa shape index (κ1) is 19.0. The van der Waals surface area contributed by atoms with Gasteiger partial charge in [-0.25, -0.2) is 9.37 Å². The lowest BCUT2D eigenvalue weighted by molar-refractivity contribution is 0.628. The highest BCUT2D eigenvalue weighted by atomic mass is 19.1. The number of hydrogen-bond acceptors (Lipinski definition) is 4. The van der Waals surface area contributed by atoms with E-state index in [-0.39, 0.29) is 5.82 Å². The summed E-state index contributed by atoms with van der Waals surface area (Å²) >= 11 is 0. The number of H-pyrrole nitrogens is 1. The molecule has 2 aromatic carbocycles. The van der Waals surface area contributed by atoms with E-state index >= 15 is 0 Å². The number of anilines is 1. The summed E-state index contributed by atoms with van der Waals surface area (Å²) in [6.07, 6.45) is 1.85. The molecule has 0 atom stereocenters. The third-order valence-corrected chi connectivity index (χ3v) is 5.20. The highest BCUT2D eigenvalue weighted by Gasteiger charge is 2.16. The summed E-state index contributed by atoms with van der Waals surface area (Å²) in [5.74, 6) is 0.461. The Kier molecular flexibility index (Phi) is 4.71. The third-order valence-electron chi connectivity index (χ3n) is 5.20. The molecule has 7 heteroatoms. The standard InChI is InChI=1S/C24H21FN6/c1-15-5-3-8-20(28-15)24-23(16-9-10-21-17(11-16)13-27-31(21)2)29-22(30-24)14-26-19-7-4-6-18(25)12-19/h3-13,26H,14H2,1-2H3,(H,29,30). The van der Waals surface area contributed by atoms with E-state index in [1.807, 2.05) is 61.2 Å². The van der Waals surface area contributed by atoms with Crippen LogP contribution >= 0.6 is 0 Å². The summed E-state index contributed by atoms with van der Waals surface area (Å²) in [7, 11) is 1.93. The van der Waals surface area contributed by atoms with Gasteiger partial charge in [-0.15, -0.1) is 0 Å². The van der Waals surface area contributed by atoms with Crippen LogP contribution in [0.5, 0.6) is 0 Å². The van der Waals surface area contributed by atoms with Gasteiger partial charge in [-0.2, -0.15) is 5.10 Å². The van der Waals surface area contributed by atoms with Crippen LogP contribution in [0.1, 0.15) is 11.5 Å². The summed E-state index contributed by atoms with van der Waals surface area (Å²) in [6.45, 7) is 2.39. The van der Waals surface area contributed by atoms with Crippen LogP contribution in [0, 0.1) is 12.7 Å². The molecule has 0 saturated heterocycles. The summed E-state index contributed by atoms with van der Waals surface area (Å²) in [6, 6.07) is 18.5. The van der Waals surface area contributed by atoms with Gasteiger partial charge in [-0.05, 0) is 49.4 Å². The molecule has 0 aliphatic rings. The van der Waals surface area contributed by atoms with Crippen molar-refractivity contribution in [3.8, 4) is 22.6 Å². The van der Waals surface area contributed by atoms with E-state index in [0.29, 0.717) is 12.2 Å². The van der Waals surface area contributed by atoms with Crippen molar-refractivity contribution in [3.63, 3.8) is 0 Å². The largest absolute Gasteiger partial charge is 0.378 e. The molecule has 0 spiro atoms. The topological polar surface area (TPSA) is 71.4 Å². The summed E-state index contributed by atoms with van der Waals surface area (Å²) < 4.78 is 15.3. The number of nitrogens with one attached hydrogen (secondary N) is 2. The molecule has 0 fully saturated rings. The van der Waals surface area contributed by atoms with Crippen LogP contribution in [0.3, 0.4) is 0 Å². The Labute approximate surface area is 178 Å². The highest BCUT2D eigenvalue weighted by Crippen LogP contribution is 2.31. The molecular formula is C24H21FN6. The molecule has 0 aliphatic heterocycles. The van der Waals surface area contributed by atoms with Crippen LogP contribution < -0.4 is 5.32 Å². The number of imidazole rings is 1. The first-order chi connectivity index (χ1) is 15.1. The fourth-order valence-corrected chi connectivity index (χ4v) is 3.68. The van der Waals surface area contributed by atoms with Crippen LogP contribution in [0.4, 0.5) is 10.1 Å². The van der Waals surface area contributed by atoms with E-state index in [9.17, 15) is 4.39 Å². The lowest BCUT2D eigenvalue weighted by Crippen LogP contribution is -2.01. The van der Waals surface area contributed by atoms with E-state index in [1.165, 1.54) is 12.1 Å². The van der Waals surface area contributed by atoms with Crippen molar-refractivity contribution in [2.45, 2.75) is 13.5 Å². The molecule has 3 heterocycles. The van der Waals surface area contributed by atoms with Gasteiger partial charge >= 0.3 is 0 Å². The maximum atomic E-state index is 13.5. The molecule has 0 bridgehead atoms. The average Bonchev–Trinajstić information content (AvgIpc) is 3.36. The van der Waals surface area contributed by atoms with Gasteiger partial charge in [0.05, 0.1) is 35.3 Å². The van der Waals surface area contributed by atoms with Gasteiger partial charge in [0, 0.05) is 29.4 Å². The number of hydrogen-bond donors (Lipinski definition) is 2. The zero-order chi connectivity index (χ0) is 21.4. The van der Waals surface area contributed by atoms with E-state index in [2.05, 4.69) is 26.4 Å². The van der Waals surface area contributed by atoms with Crippen LogP contribution in [0.15, 0.2) is 66.9 Å². The lowest BCUT2D eigenvalue weighted by Gasteiger charge is -2.04. The summed E-state index contributed by atoms with van der Waals surface area (Å²) in [4.78, 5) is 13.0. The van der Waals surface area contributed by atoms with Crippen molar-refractivity contribution in [3.05, 3.63) is 84.2 Å². The molecule has 0 radical (unpaired) electrons. The van der Waals surface area contributed by atoms with Crippen molar-refractivity contribution in [1.29, 1.82) is 0 Å². The maximum absolute atomic E-state index is 13.5. The lowest BCUT2D eigenvalue weighted by atomic mass is 10.1. The van der Waals surface area contributed by atoms with Gasteiger partial charge < -0.3 is 10.3 Å². The van der Waals surface area contributed by atoms with Gasteiger partial charge in [0.1, 0.15) is 11.6 Å². The van der Waals surface area contributed by atoms with Crippen LogP contribution in [-0.2, 0) is 13.6 Å². The quantitative estimate of drug-likeness (QED) is 0.422. The molecule has 0 amide bonds. The Morgan fingerprint density at radius 1 is 1.03 bits per heavy atom. The molecule has 3 aromatic heterocycles. The van der Waals surface area contributed by atoms with E-state index in [4.69, 9.17) is 4.98 Å². The second-order valence-electron chi connectivity index (χ2n) is 7.48. The first-order valence-corrected chi connectivity index (χ1v) is 10.0. The van der Waals surface area contributed by atoms with E-state index < -0.39 is 0 Å². The van der Waals surface area contributed by atoms with Gasteiger partial charge in [-0.3, -0.25) is 9.67 Å². The number of benzene rings is 2. The Balaban J connectivity index is 1.56. The van der Waals surface area contributed by atoms with E-state index in [1.54, 1.807) is 6.07 Å². The number of aryl methyl sites for hydroxylation is 2. The SMILES string of the molecule is Cc1cccc(-c2[nH]c(CNc3cccc(F)c3)nc2-c2ccc3c(cnn3C)c2)n1. The predicted molar refractivity (Wildman–Crippen MR) is 120 cm³/mol. The van der Waals surface area contributed by atoms with E-state index in [0.717, 1.165) is 45.1 Å². The van der Waals surface area contributed by atoms with Crippen molar-refractivity contribution in [1.82, 2.24) is 24.7 Å². The second kappa shape index (κ2) is 7.68. The van der Waals surface area contributed by atoms with Crippen molar-refractivity contribution < 1.29 is 4.39 Å². The highest BCUT2D eigenvalue weighted by molar-refractivity contribution is 5.87. The minimum atomic E-state index is -0.278. The average molecular weight is 412 g/mol. The first-order valence-electron chi connectivity index (χ1n) is 10.0. The van der Waals surface area contributed by atoms with Gasteiger partial charge in [0.25, 0.3) is 0 Å². The summed E-state index contributed by atoms with van der Waals surface area (Å²) in [5, 5.41) is 8.60. The number of rotatable bonds is 5. The zero-order valence-electron chi connectivity index (χ0n) is 17.2. The van der Waals surface area contributed by atoms with Gasteiger partial charge in [0.2, 0.25) is 0 Å². The molecule has 0 unspecified atom stereocenters. The molecule has 5 rings (SSSR count). The van der Waals surface area contributed by atoms with Crippen LogP contribution in [-0.4, -0.2) is 24.7 Å². The van der Waals surface area contributed by atoms with Gasteiger partial charge in [-0.1, -0.05) is 18.2 Å². The van der Waals surface area contributed by atoms with Crippen LogP contribution in [0.25, 0.3) is 33.5 Å². The number of nitrogens with zero attached hydrogens (tertiary/aromatic N) is 4. The Morgan fingerprint density at radius 2 is 1.90 bits per heavy atom. The molecule has 154 valence electrons. The Morgan fingerprint density at radius 3 is 2.74 bits per heavy atom. The predicted octanol–water partition coefficient (Wildman–Crippen LogP) is 5.09. The number of fused-ring (bicyclic) bond motifs is 1. The Bertz CT molecular complexity index is 1380. The second-order valence-corrected chi connectivity index (χ2v) is 7.48. The molecule has 31 heavy (non-hydrogen) atoms. The molecule has 6 nitrogen and oxygen atoms in total. The van der Waals surface area contributed by atoms with Crippen molar-refractivity contribution >= 4 is 16.6 Å². The molecule has 2 N–H and O–H groups in total. The number of aromatic amines is 1. The van der Waals surface area contributed by atoms with Gasteiger partial charge in [0.15, 0.2) is 0 Å². The normalized spacial score (nSPS) is 11.2. The molecule has 5 aromatic rings. The minimum absolute atomic E-state index is 0.278. The third kappa shape index (κ3) is 3.77. The maximum Gasteiger partial charge on any atom is 0.126 e. The fourth-order valence-electron chi connectivity index (χ4n) is 3.68. The minimum Gasteiger partial charge on any atom is -0.378 e. The zero-order valence-corrected chi connectivity index (χ0v) is 17.2. The molecule has 0 aliphatic carbocycles. The monoisotopic (exact) mass is 412 g/mol. The number of pyridine rings is 1. The smallest absolute Gasteiger partial charge is 0.126 e. The number of halogens is 1. The molecule has 0 saturated carbocycles. The van der Waals surface area contributed by atoms with Crippen molar-refractivity contribution in [2.24, 2.45) is 7.05 Å².